The molecule has 0 aromatic rings. The molecule has 1 aliphatic rings. The van der Waals surface area contributed by atoms with Gasteiger partial charge in [-0.2, -0.15) is 0 Å². The molecule has 0 spiro atoms. The van der Waals surface area contributed by atoms with Gasteiger partial charge in [0.05, 0.1) is 6.61 Å². The molecular weight excluding hydrogens is 198 g/mol. The normalized spacial score (nSPS) is 25.9. The molecule has 0 radical (unpaired) electrons. The van der Waals surface area contributed by atoms with Gasteiger partial charge in [-0.25, -0.2) is 0 Å². The lowest BCUT2D eigenvalue weighted by atomic mass is 9.87. The Bertz CT molecular complexity index is 191. The average molecular weight is 227 g/mol. The van der Waals surface area contributed by atoms with Gasteiger partial charge < -0.3 is 10.1 Å². The zero-order valence-electron chi connectivity index (χ0n) is 11.5. The van der Waals surface area contributed by atoms with Gasteiger partial charge >= 0.3 is 0 Å². The van der Waals surface area contributed by atoms with E-state index in [1.165, 1.54) is 38.5 Å². The number of ether oxygens (including phenoxy) is 1. The minimum absolute atomic E-state index is 0.470. The van der Waals surface area contributed by atoms with Gasteiger partial charge in [-0.3, -0.25) is 0 Å². The van der Waals surface area contributed by atoms with Crippen LogP contribution in [0.3, 0.4) is 0 Å². The number of rotatable bonds is 7. The van der Waals surface area contributed by atoms with Gasteiger partial charge in [-0.05, 0) is 24.7 Å². The average Bonchev–Trinajstić information content (AvgIpc) is 2.55. The Kier molecular flexibility index (Phi) is 5.77. The molecule has 1 rings (SSSR count). The summed E-state index contributed by atoms with van der Waals surface area (Å²) < 4.78 is 5.32. The fraction of sp³-hybridized carbons (Fsp3) is 1.00. The zero-order valence-corrected chi connectivity index (χ0v) is 11.5. The topological polar surface area (TPSA) is 21.3 Å². The van der Waals surface area contributed by atoms with E-state index in [9.17, 15) is 0 Å². The standard InChI is InChI=1S/C14H29NO/c1-5-6-8-12(11-16-4)15-13-9-7-10-14(13,2)3/h12-13,15H,5-11H2,1-4H3. The van der Waals surface area contributed by atoms with Crippen LogP contribution in [0.2, 0.25) is 0 Å². The molecule has 16 heavy (non-hydrogen) atoms. The largest absolute Gasteiger partial charge is 0.383 e. The van der Waals surface area contributed by atoms with Crippen LogP contribution in [0, 0.1) is 5.41 Å². The van der Waals surface area contributed by atoms with Crippen LogP contribution < -0.4 is 5.32 Å². The highest BCUT2D eigenvalue weighted by molar-refractivity contribution is 4.91. The van der Waals surface area contributed by atoms with E-state index in [-0.39, 0.29) is 0 Å². The molecule has 0 amide bonds. The molecule has 0 aromatic carbocycles. The third-order valence-electron chi connectivity index (χ3n) is 3.97. The van der Waals surface area contributed by atoms with Gasteiger partial charge in [0.25, 0.3) is 0 Å². The maximum atomic E-state index is 5.32. The summed E-state index contributed by atoms with van der Waals surface area (Å²) in [6.45, 7) is 7.89. The molecule has 2 unspecified atom stereocenters. The van der Waals surface area contributed by atoms with E-state index >= 15 is 0 Å². The minimum atomic E-state index is 0.470. The number of methoxy groups -OCH3 is 1. The van der Waals surface area contributed by atoms with Crippen molar-refractivity contribution in [2.75, 3.05) is 13.7 Å². The smallest absolute Gasteiger partial charge is 0.0615 e. The quantitative estimate of drug-likeness (QED) is 0.720. The van der Waals surface area contributed by atoms with Crippen LogP contribution in [0.1, 0.15) is 59.3 Å². The molecule has 1 N–H and O–H groups in total. The van der Waals surface area contributed by atoms with Crippen LogP contribution in [-0.2, 0) is 4.74 Å². The van der Waals surface area contributed by atoms with Gasteiger partial charge in [-0.1, -0.05) is 40.0 Å². The molecule has 1 saturated carbocycles. The molecule has 0 saturated heterocycles. The Morgan fingerprint density at radius 3 is 2.69 bits per heavy atom. The molecule has 0 aliphatic heterocycles. The van der Waals surface area contributed by atoms with Gasteiger partial charge in [0, 0.05) is 19.2 Å². The first-order chi connectivity index (χ1) is 7.60. The first-order valence-electron chi connectivity index (χ1n) is 6.85. The fourth-order valence-corrected chi connectivity index (χ4v) is 2.79. The Hall–Kier alpha value is -0.0800. The second-order valence-electron chi connectivity index (χ2n) is 5.89. The van der Waals surface area contributed by atoms with Gasteiger partial charge in [0.1, 0.15) is 0 Å². The van der Waals surface area contributed by atoms with Crippen molar-refractivity contribution in [2.45, 2.75) is 71.4 Å². The molecule has 2 heteroatoms. The van der Waals surface area contributed by atoms with E-state index in [4.69, 9.17) is 4.74 Å². The Morgan fingerprint density at radius 2 is 2.19 bits per heavy atom. The number of hydrogen-bond acceptors (Lipinski definition) is 2. The van der Waals surface area contributed by atoms with Crippen LogP contribution in [0.25, 0.3) is 0 Å². The summed E-state index contributed by atoms with van der Waals surface area (Å²) in [5.41, 5.74) is 0.470. The maximum Gasteiger partial charge on any atom is 0.0615 e. The van der Waals surface area contributed by atoms with Crippen LogP contribution in [-0.4, -0.2) is 25.8 Å². The van der Waals surface area contributed by atoms with Crippen molar-refractivity contribution in [3.8, 4) is 0 Å². The molecule has 0 heterocycles. The van der Waals surface area contributed by atoms with Crippen molar-refractivity contribution in [2.24, 2.45) is 5.41 Å². The molecular formula is C14H29NO. The van der Waals surface area contributed by atoms with Crippen molar-refractivity contribution >= 4 is 0 Å². The van der Waals surface area contributed by atoms with Gasteiger partial charge in [0.15, 0.2) is 0 Å². The molecule has 2 atom stereocenters. The van der Waals surface area contributed by atoms with E-state index in [1.807, 2.05) is 0 Å². The second kappa shape index (κ2) is 6.61. The molecule has 0 bridgehead atoms. The lowest BCUT2D eigenvalue weighted by Gasteiger charge is -2.32. The van der Waals surface area contributed by atoms with Gasteiger partial charge in [-0.15, -0.1) is 0 Å². The highest BCUT2D eigenvalue weighted by atomic mass is 16.5. The van der Waals surface area contributed by atoms with Gasteiger partial charge in [0.2, 0.25) is 0 Å². The summed E-state index contributed by atoms with van der Waals surface area (Å²) in [7, 11) is 1.81. The summed E-state index contributed by atoms with van der Waals surface area (Å²) in [5.74, 6) is 0. The monoisotopic (exact) mass is 227 g/mol. The Labute approximate surface area is 101 Å². The first kappa shape index (κ1) is 14.0. The molecule has 2 nitrogen and oxygen atoms in total. The van der Waals surface area contributed by atoms with Crippen LogP contribution in [0.5, 0.6) is 0 Å². The highest BCUT2D eigenvalue weighted by Gasteiger charge is 2.35. The van der Waals surface area contributed by atoms with Crippen molar-refractivity contribution in [3.05, 3.63) is 0 Å². The number of nitrogens with one attached hydrogen (secondary N) is 1. The number of hydrogen-bond donors (Lipinski definition) is 1. The van der Waals surface area contributed by atoms with E-state index in [1.54, 1.807) is 7.11 Å². The molecule has 1 aliphatic carbocycles. The third kappa shape index (κ3) is 4.06. The van der Waals surface area contributed by atoms with E-state index in [0.29, 0.717) is 17.5 Å². The van der Waals surface area contributed by atoms with Crippen molar-refractivity contribution in [3.63, 3.8) is 0 Å². The predicted octanol–water partition coefficient (Wildman–Crippen LogP) is 3.36. The summed E-state index contributed by atoms with van der Waals surface area (Å²) in [6.07, 6.45) is 7.89. The zero-order chi connectivity index (χ0) is 12.0. The van der Waals surface area contributed by atoms with Crippen molar-refractivity contribution in [1.29, 1.82) is 0 Å². The van der Waals surface area contributed by atoms with Crippen molar-refractivity contribution in [1.82, 2.24) is 5.32 Å². The SMILES string of the molecule is CCCCC(COC)NC1CCCC1(C)C. The Balaban J connectivity index is 2.40. The van der Waals surface area contributed by atoms with Crippen LogP contribution >= 0.6 is 0 Å². The molecule has 96 valence electrons. The van der Waals surface area contributed by atoms with E-state index < -0.39 is 0 Å². The lowest BCUT2D eigenvalue weighted by molar-refractivity contribution is 0.141. The fourth-order valence-electron chi connectivity index (χ4n) is 2.79. The van der Waals surface area contributed by atoms with Crippen molar-refractivity contribution < 1.29 is 4.74 Å². The second-order valence-corrected chi connectivity index (χ2v) is 5.89. The molecule has 0 aromatic heterocycles. The summed E-state index contributed by atoms with van der Waals surface area (Å²) in [6, 6.07) is 1.23. The summed E-state index contributed by atoms with van der Waals surface area (Å²) in [5, 5.41) is 3.82. The summed E-state index contributed by atoms with van der Waals surface area (Å²) >= 11 is 0. The van der Waals surface area contributed by atoms with E-state index in [2.05, 4.69) is 26.1 Å². The predicted molar refractivity (Wildman–Crippen MR) is 69.7 cm³/mol. The number of unbranched alkanes of at least 4 members (excludes halogenated alkanes) is 1. The van der Waals surface area contributed by atoms with E-state index in [0.717, 1.165) is 6.61 Å². The lowest BCUT2D eigenvalue weighted by Crippen LogP contribution is -2.45. The first-order valence-corrected chi connectivity index (χ1v) is 6.85. The van der Waals surface area contributed by atoms with Crippen LogP contribution in [0.15, 0.2) is 0 Å². The van der Waals surface area contributed by atoms with Crippen LogP contribution in [0.4, 0.5) is 0 Å². The minimum Gasteiger partial charge on any atom is -0.383 e. The highest BCUT2D eigenvalue weighted by Crippen LogP contribution is 2.37. The third-order valence-corrected chi connectivity index (χ3v) is 3.97. The molecule has 1 fully saturated rings. The maximum absolute atomic E-state index is 5.32. The summed E-state index contributed by atoms with van der Waals surface area (Å²) in [4.78, 5) is 0. The Morgan fingerprint density at radius 1 is 1.44 bits per heavy atom.